The molecule has 0 radical (unpaired) electrons. The van der Waals surface area contributed by atoms with E-state index >= 15 is 0 Å². The molecular formula is C24H32N4O5S. The molecule has 4 rings (SSSR count). The van der Waals surface area contributed by atoms with Gasteiger partial charge in [-0.15, -0.1) is 0 Å². The van der Waals surface area contributed by atoms with Gasteiger partial charge in [0.15, 0.2) is 0 Å². The molecule has 3 heterocycles. The first-order valence-electron chi connectivity index (χ1n) is 11.7. The Kier molecular flexibility index (Phi) is 6.99. The molecule has 1 aromatic carbocycles. The number of sulfonamides is 1. The summed E-state index contributed by atoms with van der Waals surface area (Å²) in [6.45, 7) is 5.15. The van der Waals surface area contributed by atoms with E-state index in [9.17, 15) is 18.0 Å². The van der Waals surface area contributed by atoms with Crippen molar-refractivity contribution in [1.29, 1.82) is 0 Å². The molecule has 0 bridgehead atoms. The quantitative estimate of drug-likeness (QED) is 0.649. The van der Waals surface area contributed by atoms with Gasteiger partial charge in [0.25, 0.3) is 5.91 Å². The molecule has 1 aromatic heterocycles. The topological polar surface area (TPSA) is 112 Å². The number of rotatable bonds is 6. The van der Waals surface area contributed by atoms with Crippen molar-refractivity contribution in [3.63, 3.8) is 0 Å². The number of para-hydroxylation sites is 2. The van der Waals surface area contributed by atoms with Crippen LogP contribution in [-0.2, 0) is 14.8 Å². The lowest BCUT2D eigenvalue weighted by Gasteiger charge is -2.31. The minimum absolute atomic E-state index is 0.0684. The summed E-state index contributed by atoms with van der Waals surface area (Å²) >= 11 is 0. The van der Waals surface area contributed by atoms with Gasteiger partial charge in [0.1, 0.15) is 10.6 Å². The first kappa shape index (κ1) is 24.3. The zero-order valence-corrected chi connectivity index (χ0v) is 20.7. The lowest BCUT2D eigenvalue weighted by molar-refractivity contribution is -0.120. The Morgan fingerprint density at radius 2 is 1.68 bits per heavy atom. The molecule has 10 heteroatoms. The fourth-order valence-corrected chi connectivity index (χ4v) is 6.77. The molecule has 2 aliphatic rings. The molecule has 34 heavy (non-hydrogen) atoms. The Balaban J connectivity index is 1.48. The maximum Gasteiger partial charge on any atom is 0.257 e. The molecular weight excluding hydrogens is 456 g/mol. The third-order valence-corrected chi connectivity index (χ3v) is 8.78. The van der Waals surface area contributed by atoms with E-state index in [2.05, 4.69) is 10.3 Å². The average molecular weight is 489 g/mol. The van der Waals surface area contributed by atoms with Crippen LogP contribution in [0.15, 0.2) is 29.2 Å². The van der Waals surface area contributed by atoms with Gasteiger partial charge in [0, 0.05) is 43.5 Å². The first-order chi connectivity index (χ1) is 16.2. The Hall–Kier alpha value is -2.85. The van der Waals surface area contributed by atoms with Crippen LogP contribution in [0.1, 0.15) is 47.4 Å². The van der Waals surface area contributed by atoms with Gasteiger partial charge in [-0.2, -0.15) is 4.31 Å². The zero-order valence-electron chi connectivity index (χ0n) is 19.9. The van der Waals surface area contributed by atoms with Crippen molar-refractivity contribution in [1.82, 2.24) is 14.2 Å². The second kappa shape index (κ2) is 9.79. The standard InChI is InChI=1S/C24H32N4O5S/c1-16-21(24(30)27-12-6-7-13-27)22(17(2)25-16)34(31,32)28-14-10-18(11-15-28)23(29)26-19-8-4-5-9-20(19)33-3/h4-5,8-9,18,25H,6-7,10-15H2,1-3H3,(H,26,29). The van der Waals surface area contributed by atoms with Crippen LogP contribution in [0.2, 0.25) is 0 Å². The number of likely N-dealkylation sites (tertiary alicyclic amines) is 1. The van der Waals surface area contributed by atoms with Gasteiger partial charge < -0.3 is 19.9 Å². The highest BCUT2D eigenvalue weighted by Gasteiger charge is 2.38. The molecule has 9 nitrogen and oxygen atoms in total. The summed E-state index contributed by atoms with van der Waals surface area (Å²) in [5.74, 6) is -0.121. The number of carbonyl (C=O) groups is 2. The van der Waals surface area contributed by atoms with Crippen molar-refractivity contribution in [2.24, 2.45) is 5.92 Å². The number of aromatic nitrogens is 1. The lowest BCUT2D eigenvalue weighted by atomic mass is 9.97. The molecule has 2 saturated heterocycles. The number of nitrogens with one attached hydrogen (secondary N) is 2. The molecule has 2 amide bonds. The van der Waals surface area contributed by atoms with E-state index in [1.165, 1.54) is 4.31 Å². The fraction of sp³-hybridized carbons (Fsp3) is 0.500. The number of aromatic amines is 1. The van der Waals surface area contributed by atoms with E-state index in [0.717, 1.165) is 12.8 Å². The van der Waals surface area contributed by atoms with Crippen LogP contribution in [0.4, 0.5) is 5.69 Å². The van der Waals surface area contributed by atoms with Crippen molar-refractivity contribution in [3.8, 4) is 5.75 Å². The molecule has 0 spiro atoms. The minimum Gasteiger partial charge on any atom is -0.495 e. The summed E-state index contributed by atoms with van der Waals surface area (Å²) in [6, 6.07) is 7.18. The molecule has 2 fully saturated rings. The Bertz CT molecular complexity index is 1180. The average Bonchev–Trinajstić information content (AvgIpc) is 3.47. The molecule has 0 aliphatic carbocycles. The zero-order chi connectivity index (χ0) is 24.5. The predicted molar refractivity (Wildman–Crippen MR) is 129 cm³/mol. The normalized spacial score (nSPS) is 17.7. The Morgan fingerprint density at radius 3 is 2.32 bits per heavy atom. The summed E-state index contributed by atoms with van der Waals surface area (Å²) in [4.78, 5) is 30.8. The van der Waals surface area contributed by atoms with Crippen molar-refractivity contribution >= 4 is 27.5 Å². The lowest BCUT2D eigenvalue weighted by Crippen LogP contribution is -2.42. The SMILES string of the molecule is COc1ccccc1NC(=O)C1CCN(S(=O)(=O)c2c(C)[nH]c(C)c2C(=O)N2CCCC2)CC1. The van der Waals surface area contributed by atoms with E-state index in [1.54, 1.807) is 38.0 Å². The molecule has 2 N–H and O–H groups in total. The van der Waals surface area contributed by atoms with Crippen molar-refractivity contribution in [2.45, 2.75) is 44.4 Å². The first-order valence-corrected chi connectivity index (χ1v) is 13.1. The van der Waals surface area contributed by atoms with Crippen LogP contribution in [0.25, 0.3) is 0 Å². The number of H-pyrrole nitrogens is 1. The number of nitrogens with zero attached hydrogens (tertiary/aromatic N) is 2. The number of methoxy groups -OCH3 is 1. The third-order valence-electron chi connectivity index (χ3n) is 6.71. The van der Waals surface area contributed by atoms with Gasteiger partial charge >= 0.3 is 0 Å². The van der Waals surface area contributed by atoms with Gasteiger partial charge in [-0.1, -0.05) is 12.1 Å². The maximum absolute atomic E-state index is 13.6. The second-order valence-corrected chi connectivity index (χ2v) is 10.8. The van der Waals surface area contributed by atoms with Crippen LogP contribution in [0, 0.1) is 19.8 Å². The number of hydrogen-bond donors (Lipinski definition) is 2. The van der Waals surface area contributed by atoms with E-state index in [1.807, 2.05) is 12.1 Å². The Labute approximate surface area is 200 Å². The highest BCUT2D eigenvalue weighted by Crippen LogP contribution is 2.32. The van der Waals surface area contributed by atoms with Gasteiger partial charge in [0.05, 0.1) is 18.4 Å². The molecule has 0 atom stereocenters. The van der Waals surface area contributed by atoms with Crippen molar-refractivity contribution in [2.75, 3.05) is 38.6 Å². The minimum atomic E-state index is -3.89. The molecule has 2 aliphatic heterocycles. The second-order valence-electron chi connectivity index (χ2n) is 8.95. The maximum atomic E-state index is 13.6. The number of ether oxygens (including phenoxy) is 1. The number of piperidine rings is 1. The van der Waals surface area contributed by atoms with Crippen LogP contribution >= 0.6 is 0 Å². The monoisotopic (exact) mass is 488 g/mol. The van der Waals surface area contributed by atoms with Crippen LogP contribution in [-0.4, -0.2) is 67.7 Å². The smallest absolute Gasteiger partial charge is 0.257 e. The summed E-state index contributed by atoms with van der Waals surface area (Å²) in [6.07, 6.45) is 2.66. The molecule has 184 valence electrons. The number of aryl methyl sites for hydroxylation is 2. The summed E-state index contributed by atoms with van der Waals surface area (Å²) in [5, 5.41) is 2.90. The summed E-state index contributed by atoms with van der Waals surface area (Å²) in [5.41, 5.74) is 1.87. The molecule has 0 saturated carbocycles. The van der Waals surface area contributed by atoms with E-state index in [4.69, 9.17) is 4.74 Å². The highest BCUT2D eigenvalue weighted by atomic mass is 32.2. The predicted octanol–water partition coefficient (Wildman–Crippen LogP) is 2.92. The number of benzene rings is 1. The van der Waals surface area contributed by atoms with Gasteiger partial charge in [-0.05, 0) is 51.7 Å². The number of anilines is 1. The fourth-order valence-electron chi connectivity index (χ4n) is 4.89. The van der Waals surface area contributed by atoms with Crippen molar-refractivity contribution < 1.29 is 22.7 Å². The van der Waals surface area contributed by atoms with E-state index in [-0.39, 0.29) is 41.3 Å². The van der Waals surface area contributed by atoms with E-state index < -0.39 is 10.0 Å². The number of hydrogen-bond acceptors (Lipinski definition) is 5. The highest BCUT2D eigenvalue weighted by molar-refractivity contribution is 7.89. The van der Waals surface area contributed by atoms with E-state index in [0.29, 0.717) is 48.8 Å². The third kappa shape index (κ3) is 4.56. The molecule has 2 aromatic rings. The largest absolute Gasteiger partial charge is 0.495 e. The number of carbonyl (C=O) groups excluding carboxylic acids is 2. The summed E-state index contributed by atoms with van der Waals surface area (Å²) in [7, 11) is -2.35. The molecule has 0 unspecified atom stereocenters. The van der Waals surface area contributed by atoms with Crippen LogP contribution in [0.5, 0.6) is 5.75 Å². The van der Waals surface area contributed by atoms with Gasteiger partial charge in [-0.3, -0.25) is 9.59 Å². The summed E-state index contributed by atoms with van der Waals surface area (Å²) < 4.78 is 33.9. The van der Waals surface area contributed by atoms with Crippen LogP contribution in [0.3, 0.4) is 0 Å². The van der Waals surface area contributed by atoms with Gasteiger partial charge in [-0.25, -0.2) is 8.42 Å². The Morgan fingerprint density at radius 1 is 1.03 bits per heavy atom. The van der Waals surface area contributed by atoms with Crippen molar-refractivity contribution in [3.05, 3.63) is 41.2 Å². The number of amides is 2. The van der Waals surface area contributed by atoms with Crippen LogP contribution < -0.4 is 10.1 Å². The van der Waals surface area contributed by atoms with Gasteiger partial charge in [0.2, 0.25) is 15.9 Å².